The number of nitrogens with zero attached hydrogens (tertiary/aromatic N) is 1. The lowest BCUT2D eigenvalue weighted by molar-refractivity contribution is -0.141. The summed E-state index contributed by atoms with van der Waals surface area (Å²) in [5.74, 6) is 0.593. The van der Waals surface area contributed by atoms with Crippen molar-refractivity contribution in [1.82, 2.24) is 4.90 Å². The Morgan fingerprint density at radius 1 is 1.23 bits per heavy atom. The van der Waals surface area contributed by atoms with E-state index in [9.17, 15) is 10.2 Å². The Hall–Kier alpha value is -1.06. The molecule has 0 bridgehead atoms. The SMILES string of the molecule is CN(C)CC1CCCC(C(C)(C)C)C1(O)c1cccc(O)c1. The van der Waals surface area contributed by atoms with Crippen molar-refractivity contribution in [3.8, 4) is 5.75 Å². The van der Waals surface area contributed by atoms with Crippen molar-refractivity contribution in [2.24, 2.45) is 17.3 Å². The van der Waals surface area contributed by atoms with E-state index in [2.05, 4.69) is 39.8 Å². The summed E-state index contributed by atoms with van der Waals surface area (Å²) in [7, 11) is 4.12. The molecule has 0 spiro atoms. The van der Waals surface area contributed by atoms with Crippen LogP contribution in [0.2, 0.25) is 0 Å². The van der Waals surface area contributed by atoms with Gasteiger partial charge in [-0.3, -0.25) is 0 Å². The van der Waals surface area contributed by atoms with Gasteiger partial charge in [-0.2, -0.15) is 0 Å². The summed E-state index contributed by atoms with van der Waals surface area (Å²) in [5.41, 5.74) is -0.0102. The van der Waals surface area contributed by atoms with Gasteiger partial charge in [-0.25, -0.2) is 0 Å². The average molecular weight is 305 g/mol. The normalized spacial score (nSPS) is 29.8. The van der Waals surface area contributed by atoms with E-state index in [1.807, 2.05) is 12.1 Å². The van der Waals surface area contributed by atoms with E-state index >= 15 is 0 Å². The van der Waals surface area contributed by atoms with Gasteiger partial charge in [0.05, 0.1) is 5.60 Å². The molecule has 0 radical (unpaired) electrons. The molecule has 3 nitrogen and oxygen atoms in total. The van der Waals surface area contributed by atoms with Gasteiger partial charge in [-0.1, -0.05) is 39.3 Å². The van der Waals surface area contributed by atoms with E-state index in [-0.39, 0.29) is 23.0 Å². The quantitative estimate of drug-likeness (QED) is 0.896. The summed E-state index contributed by atoms with van der Waals surface area (Å²) >= 11 is 0. The Morgan fingerprint density at radius 3 is 2.45 bits per heavy atom. The van der Waals surface area contributed by atoms with E-state index in [1.54, 1.807) is 12.1 Å². The van der Waals surface area contributed by atoms with Gasteiger partial charge >= 0.3 is 0 Å². The fraction of sp³-hybridized carbons (Fsp3) is 0.684. The molecule has 0 saturated heterocycles. The zero-order chi connectivity index (χ0) is 16.5. The average Bonchev–Trinajstić information content (AvgIpc) is 2.39. The molecular formula is C19H31NO2. The second kappa shape index (κ2) is 6.21. The molecule has 1 aliphatic carbocycles. The van der Waals surface area contributed by atoms with Crippen LogP contribution in [0.3, 0.4) is 0 Å². The molecular weight excluding hydrogens is 274 g/mol. The van der Waals surface area contributed by atoms with Crippen molar-refractivity contribution in [3.63, 3.8) is 0 Å². The maximum atomic E-state index is 11.8. The van der Waals surface area contributed by atoms with Crippen LogP contribution in [0.25, 0.3) is 0 Å². The standard InChI is InChI=1S/C19H31NO2/c1-18(2,3)17-11-7-9-15(13-20(4)5)19(17,22)14-8-6-10-16(21)12-14/h6,8,10,12,15,17,21-22H,7,9,11,13H2,1-5H3. The summed E-state index contributed by atoms with van der Waals surface area (Å²) in [6, 6.07) is 7.21. The molecule has 1 saturated carbocycles. The van der Waals surface area contributed by atoms with Gasteiger partial charge in [-0.05, 0) is 56.0 Å². The molecule has 3 unspecified atom stereocenters. The summed E-state index contributed by atoms with van der Waals surface area (Å²) < 4.78 is 0. The molecule has 124 valence electrons. The Balaban J connectivity index is 2.52. The predicted octanol–water partition coefficient (Wildman–Crippen LogP) is 3.60. The minimum absolute atomic E-state index is 0.0190. The highest BCUT2D eigenvalue weighted by Gasteiger charge is 2.51. The van der Waals surface area contributed by atoms with Crippen LogP contribution in [-0.2, 0) is 5.60 Å². The molecule has 3 atom stereocenters. The van der Waals surface area contributed by atoms with Crippen LogP contribution in [0.15, 0.2) is 24.3 Å². The van der Waals surface area contributed by atoms with E-state index in [0.717, 1.165) is 31.4 Å². The second-order valence-corrected chi connectivity index (χ2v) is 8.18. The summed E-state index contributed by atoms with van der Waals surface area (Å²) in [4.78, 5) is 2.16. The van der Waals surface area contributed by atoms with Crippen molar-refractivity contribution < 1.29 is 10.2 Å². The topological polar surface area (TPSA) is 43.7 Å². The van der Waals surface area contributed by atoms with Crippen molar-refractivity contribution in [2.75, 3.05) is 20.6 Å². The van der Waals surface area contributed by atoms with Crippen LogP contribution in [0, 0.1) is 17.3 Å². The van der Waals surface area contributed by atoms with Gasteiger partial charge in [0.25, 0.3) is 0 Å². The number of phenolic OH excluding ortho intramolecular Hbond substituents is 1. The number of phenols is 1. The maximum absolute atomic E-state index is 11.8. The second-order valence-electron chi connectivity index (χ2n) is 8.18. The fourth-order valence-electron chi connectivity index (χ4n) is 4.25. The molecule has 22 heavy (non-hydrogen) atoms. The van der Waals surface area contributed by atoms with Gasteiger partial charge in [0, 0.05) is 12.5 Å². The Labute approximate surface area is 135 Å². The van der Waals surface area contributed by atoms with Crippen molar-refractivity contribution in [3.05, 3.63) is 29.8 Å². The Bertz CT molecular complexity index is 506. The molecule has 1 aliphatic rings. The zero-order valence-corrected chi connectivity index (χ0v) is 14.6. The minimum atomic E-state index is -0.889. The molecule has 2 rings (SSSR count). The molecule has 2 N–H and O–H groups in total. The number of hydrogen-bond donors (Lipinski definition) is 2. The Morgan fingerprint density at radius 2 is 1.91 bits per heavy atom. The monoisotopic (exact) mass is 305 g/mol. The first kappa shape index (κ1) is 17.3. The third-order valence-electron chi connectivity index (χ3n) is 5.14. The molecule has 0 aromatic heterocycles. The van der Waals surface area contributed by atoms with E-state index < -0.39 is 5.60 Å². The van der Waals surface area contributed by atoms with Crippen molar-refractivity contribution in [1.29, 1.82) is 0 Å². The van der Waals surface area contributed by atoms with Crippen molar-refractivity contribution >= 4 is 0 Å². The number of rotatable bonds is 3. The number of aromatic hydroxyl groups is 1. The summed E-state index contributed by atoms with van der Waals surface area (Å²) in [6.07, 6.45) is 3.21. The minimum Gasteiger partial charge on any atom is -0.508 e. The van der Waals surface area contributed by atoms with Gasteiger partial charge in [0.1, 0.15) is 5.75 Å². The smallest absolute Gasteiger partial charge is 0.115 e. The van der Waals surface area contributed by atoms with Crippen LogP contribution in [0.1, 0.15) is 45.6 Å². The zero-order valence-electron chi connectivity index (χ0n) is 14.6. The first-order valence-electron chi connectivity index (χ1n) is 8.32. The van der Waals surface area contributed by atoms with Crippen LogP contribution >= 0.6 is 0 Å². The summed E-state index contributed by atoms with van der Waals surface area (Å²) in [6.45, 7) is 7.50. The molecule has 0 aliphatic heterocycles. The molecule has 1 aromatic rings. The van der Waals surface area contributed by atoms with Gasteiger partial charge < -0.3 is 15.1 Å². The highest BCUT2D eigenvalue weighted by atomic mass is 16.3. The molecule has 0 heterocycles. The molecule has 3 heteroatoms. The highest BCUT2D eigenvalue weighted by molar-refractivity contribution is 5.33. The number of aliphatic hydroxyl groups is 1. The molecule has 0 amide bonds. The lowest BCUT2D eigenvalue weighted by atomic mass is 9.57. The first-order valence-corrected chi connectivity index (χ1v) is 8.32. The number of benzene rings is 1. The highest BCUT2D eigenvalue weighted by Crippen LogP contribution is 2.52. The van der Waals surface area contributed by atoms with E-state index in [0.29, 0.717) is 0 Å². The van der Waals surface area contributed by atoms with E-state index in [4.69, 9.17) is 0 Å². The van der Waals surface area contributed by atoms with Gasteiger partial charge in [0.15, 0.2) is 0 Å². The van der Waals surface area contributed by atoms with Crippen LogP contribution in [0.4, 0.5) is 0 Å². The third-order valence-corrected chi connectivity index (χ3v) is 5.14. The fourth-order valence-corrected chi connectivity index (χ4v) is 4.25. The predicted molar refractivity (Wildman–Crippen MR) is 90.8 cm³/mol. The van der Waals surface area contributed by atoms with Gasteiger partial charge in [0.2, 0.25) is 0 Å². The lowest BCUT2D eigenvalue weighted by Gasteiger charge is -2.52. The lowest BCUT2D eigenvalue weighted by Crippen LogP contribution is -2.52. The maximum Gasteiger partial charge on any atom is 0.115 e. The van der Waals surface area contributed by atoms with Crippen LogP contribution in [0.5, 0.6) is 5.75 Å². The Kier molecular flexibility index (Phi) is 4.88. The van der Waals surface area contributed by atoms with Crippen molar-refractivity contribution in [2.45, 2.75) is 45.6 Å². The summed E-state index contributed by atoms with van der Waals surface area (Å²) in [5, 5.41) is 21.7. The molecule has 1 aromatic carbocycles. The first-order chi connectivity index (χ1) is 10.2. The number of hydrogen-bond acceptors (Lipinski definition) is 3. The van der Waals surface area contributed by atoms with Crippen LogP contribution < -0.4 is 0 Å². The van der Waals surface area contributed by atoms with E-state index in [1.165, 1.54) is 0 Å². The van der Waals surface area contributed by atoms with Gasteiger partial charge in [-0.15, -0.1) is 0 Å². The largest absolute Gasteiger partial charge is 0.508 e. The molecule has 1 fully saturated rings. The third kappa shape index (κ3) is 3.31. The van der Waals surface area contributed by atoms with Crippen LogP contribution in [-0.4, -0.2) is 35.8 Å².